The van der Waals surface area contributed by atoms with E-state index in [1.807, 2.05) is 0 Å². The highest BCUT2D eigenvalue weighted by molar-refractivity contribution is 6.05. The van der Waals surface area contributed by atoms with Crippen molar-refractivity contribution in [2.24, 2.45) is 13.0 Å². The van der Waals surface area contributed by atoms with E-state index in [0.29, 0.717) is 34.4 Å². The number of aromatic nitrogens is 3. The minimum absolute atomic E-state index is 0.0509. The number of anilines is 2. The standard InChI is InChI=1S/C21H24FN5O2/c1-12(2)17-5-4-8-27(17)18-7-6-13(9-15(18)22)24-20(28)14-10-19-16(25-21(14)29)11-23-26(19)3/h6-7,9-12,17H,4-5,8H2,1-3H3,(H,24,28)(H,25,29). The molecule has 4 rings (SSSR count). The van der Waals surface area contributed by atoms with Crippen LogP contribution in [-0.4, -0.2) is 33.3 Å². The van der Waals surface area contributed by atoms with Crippen LogP contribution in [0.15, 0.2) is 35.3 Å². The molecule has 0 spiro atoms. The first-order chi connectivity index (χ1) is 13.8. The predicted octanol–water partition coefficient (Wildman–Crippen LogP) is 3.28. The van der Waals surface area contributed by atoms with Crippen LogP contribution in [0.3, 0.4) is 0 Å². The average Bonchev–Trinajstić information content (AvgIpc) is 3.28. The number of aromatic amines is 1. The van der Waals surface area contributed by atoms with Crippen molar-refractivity contribution < 1.29 is 9.18 Å². The lowest BCUT2D eigenvalue weighted by atomic mass is 10.0. The number of fused-ring (bicyclic) bond motifs is 1. The summed E-state index contributed by atoms with van der Waals surface area (Å²) >= 11 is 0. The van der Waals surface area contributed by atoms with Gasteiger partial charge < -0.3 is 15.2 Å². The maximum atomic E-state index is 14.8. The van der Waals surface area contributed by atoms with E-state index >= 15 is 0 Å². The molecule has 0 aliphatic carbocycles. The molecule has 1 unspecified atom stereocenters. The van der Waals surface area contributed by atoms with Gasteiger partial charge in [-0.1, -0.05) is 13.8 Å². The van der Waals surface area contributed by atoms with Gasteiger partial charge in [0, 0.05) is 25.3 Å². The van der Waals surface area contributed by atoms with E-state index in [1.165, 1.54) is 18.3 Å². The van der Waals surface area contributed by atoms with Crippen molar-refractivity contribution in [3.8, 4) is 0 Å². The van der Waals surface area contributed by atoms with E-state index in [4.69, 9.17) is 0 Å². The number of aryl methyl sites for hydroxylation is 1. The van der Waals surface area contributed by atoms with Gasteiger partial charge >= 0.3 is 0 Å². The number of hydrogen-bond acceptors (Lipinski definition) is 4. The van der Waals surface area contributed by atoms with E-state index in [9.17, 15) is 14.0 Å². The zero-order valence-electron chi connectivity index (χ0n) is 16.7. The molecule has 3 aromatic rings. The maximum absolute atomic E-state index is 14.8. The number of halogens is 1. The van der Waals surface area contributed by atoms with Crippen molar-refractivity contribution in [3.05, 3.63) is 52.2 Å². The number of pyridine rings is 1. The van der Waals surface area contributed by atoms with Crippen LogP contribution in [0.2, 0.25) is 0 Å². The highest BCUT2D eigenvalue weighted by Gasteiger charge is 2.29. The Morgan fingerprint density at radius 2 is 2.14 bits per heavy atom. The van der Waals surface area contributed by atoms with Crippen molar-refractivity contribution >= 4 is 28.3 Å². The number of hydrogen-bond donors (Lipinski definition) is 2. The van der Waals surface area contributed by atoms with Crippen molar-refractivity contribution in [1.29, 1.82) is 0 Å². The van der Waals surface area contributed by atoms with Crippen molar-refractivity contribution in [3.63, 3.8) is 0 Å². The largest absolute Gasteiger partial charge is 0.366 e. The molecule has 1 aliphatic rings. The van der Waals surface area contributed by atoms with Gasteiger partial charge in [-0.2, -0.15) is 5.10 Å². The fraction of sp³-hybridized carbons (Fsp3) is 0.381. The molecular formula is C21H24FN5O2. The third-order valence-electron chi connectivity index (χ3n) is 5.59. The van der Waals surface area contributed by atoms with Crippen LogP contribution in [-0.2, 0) is 7.05 Å². The number of benzene rings is 1. The molecule has 1 amide bonds. The number of nitrogens with one attached hydrogen (secondary N) is 2. The lowest BCUT2D eigenvalue weighted by Crippen LogP contribution is -2.34. The van der Waals surface area contributed by atoms with Crippen LogP contribution in [0.5, 0.6) is 0 Å². The van der Waals surface area contributed by atoms with Crippen LogP contribution in [0.25, 0.3) is 11.0 Å². The van der Waals surface area contributed by atoms with Gasteiger partial charge in [-0.15, -0.1) is 0 Å². The molecule has 1 saturated heterocycles. The Labute approximate surface area is 167 Å². The Morgan fingerprint density at radius 3 is 2.86 bits per heavy atom. The molecule has 1 aliphatic heterocycles. The van der Waals surface area contributed by atoms with Gasteiger partial charge in [0.25, 0.3) is 11.5 Å². The Morgan fingerprint density at radius 1 is 1.34 bits per heavy atom. The number of carbonyl (C=O) groups is 1. The lowest BCUT2D eigenvalue weighted by Gasteiger charge is -2.30. The first-order valence-corrected chi connectivity index (χ1v) is 9.77. The normalized spacial score (nSPS) is 16.7. The fourth-order valence-electron chi connectivity index (χ4n) is 4.08. The Bertz CT molecular complexity index is 1130. The average molecular weight is 397 g/mol. The van der Waals surface area contributed by atoms with E-state index in [1.54, 1.807) is 23.9 Å². The van der Waals surface area contributed by atoms with Crippen LogP contribution in [0, 0.1) is 11.7 Å². The summed E-state index contributed by atoms with van der Waals surface area (Å²) in [4.78, 5) is 29.6. The minimum atomic E-state index is -0.595. The molecule has 29 heavy (non-hydrogen) atoms. The zero-order valence-corrected chi connectivity index (χ0v) is 16.7. The molecule has 0 bridgehead atoms. The summed E-state index contributed by atoms with van der Waals surface area (Å²) in [6, 6.07) is 6.47. The summed E-state index contributed by atoms with van der Waals surface area (Å²) in [6.45, 7) is 5.11. The molecule has 2 N–H and O–H groups in total. The lowest BCUT2D eigenvalue weighted by molar-refractivity contribution is 0.102. The topological polar surface area (TPSA) is 83.0 Å². The first kappa shape index (κ1) is 19.2. The second-order valence-electron chi connectivity index (χ2n) is 7.85. The Hall–Kier alpha value is -3.16. The Kier molecular flexibility index (Phi) is 4.86. The first-order valence-electron chi connectivity index (χ1n) is 9.77. The summed E-state index contributed by atoms with van der Waals surface area (Å²) in [5.74, 6) is -0.543. The number of H-pyrrole nitrogens is 1. The van der Waals surface area contributed by atoms with Gasteiger partial charge in [0.05, 0.1) is 22.9 Å². The minimum Gasteiger partial charge on any atom is -0.366 e. The second kappa shape index (κ2) is 7.35. The van der Waals surface area contributed by atoms with Gasteiger partial charge in [0.1, 0.15) is 11.4 Å². The maximum Gasteiger partial charge on any atom is 0.261 e. The summed E-state index contributed by atoms with van der Waals surface area (Å²) in [5, 5.41) is 6.68. The Balaban J connectivity index is 1.58. The number of nitrogens with zero attached hydrogens (tertiary/aromatic N) is 3. The smallest absolute Gasteiger partial charge is 0.261 e. The van der Waals surface area contributed by atoms with Gasteiger partial charge in [-0.3, -0.25) is 14.3 Å². The second-order valence-corrected chi connectivity index (χ2v) is 7.85. The third kappa shape index (κ3) is 3.50. The predicted molar refractivity (Wildman–Crippen MR) is 111 cm³/mol. The van der Waals surface area contributed by atoms with Gasteiger partial charge in [0.2, 0.25) is 0 Å². The van der Waals surface area contributed by atoms with Crippen molar-refractivity contribution in [2.45, 2.75) is 32.7 Å². The van der Waals surface area contributed by atoms with E-state index in [2.05, 4.69) is 34.1 Å². The van der Waals surface area contributed by atoms with E-state index in [0.717, 1.165) is 19.4 Å². The van der Waals surface area contributed by atoms with Gasteiger partial charge in [0.15, 0.2) is 0 Å². The highest BCUT2D eigenvalue weighted by Crippen LogP contribution is 2.32. The van der Waals surface area contributed by atoms with Crippen LogP contribution >= 0.6 is 0 Å². The van der Waals surface area contributed by atoms with E-state index in [-0.39, 0.29) is 11.4 Å². The molecule has 1 fully saturated rings. The van der Waals surface area contributed by atoms with Crippen LogP contribution in [0.4, 0.5) is 15.8 Å². The van der Waals surface area contributed by atoms with E-state index < -0.39 is 11.5 Å². The number of amides is 1. The highest BCUT2D eigenvalue weighted by atomic mass is 19.1. The molecule has 3 heterocycles. The molecule has 2 aromatic heterocycles. The molecule has 1 atom stereocenters. The number of rotatable bonds is 4. The van der Waals surface area contributed by atoms with Crippen molar-refractivity contribution in [2.75, 3.05) is 16.8 Å². The molecule has 8 heteroatoms. The van der Waals surface area contributed by atoms with Crippen molar-refractivity contribution in [1.82, 2.24) is 14.8 Å². The van der Waals surface area contributed by atoms with Crippen LogP contribution in [0.1, 0.15) is 37.0 Å². The third-order valence-corrected chi connectivity index (χ3v) is 5.59. The number of carbonyl (C=O) groups excluding carboxylic acids is 1. The monoisotopic (exact) mass is 397 g/mol. The summed E-state index contributed by atoms with van der Waals surface area (Å²) in [7, 11) is 1.72. The molecule has 0 radical (unpaired) electrons. The molecule has 7 nitrogen and oxygen atoms in total. The van der Waals surface area contributed by atoms with Gasteiger partial charge in [-0.05, 0) is 43.0 Å². The molecular weight excluding hydrogens is 373 g/mol. The summed E-state index contributed by atoms with van der Waals surface area (Å²) in [6.07, 6.45) is 3.62. The molecule has 152 valence electrons. The SMILES string of the molecule is CC(C)C1CCCN1c1ccc(NC(=O)c2cc3c(cnn3C)[nH]c2=O)cc1F. The summed E-state index contributed by atoms with van der Waals surface area (Å²) in [5.41, 5.74) is 1.47. The van der Waals surface area contributed by atoms with Gasteiger partial charge in [-0.25, -0.2) is 4.39 Å². The molecule has 0 saturated carbocycles. The fourth-order valence-corrected chi connectivity index (χ4v) is 4.08. The quantitative estimate of drug-likeness (QED) is 0.708. The van der Waals surface area contributed by atoms with Crippen LogP contribution < -0.4 is 15.8 Å². The zero-order chi connectivity index (χ0) is 20.7. The summed E-state index contributed by atoms with van der Waals surface area (Å²) < 4.78 is 16.4. The molecule has 1 aromatic carbocycles.